The van der Waals surface area contributed by atoms with Crippen molar-refractivity contribution in [2.75, 3.05) is 26.2 Å². The predicted octanol–water partition coefficient (Wildman–Crippen LogP) is 2.88. The second-order valence-electron chi connectivity index (χ2n) is 6.92. The zero-order valence-electron chi connectivity index (χ0n) is 15.4. The van der Waals surface area contributed by atoms with Gasteiger partial charge in [0.15, 0.2) is 0 Å². The molecule has 0 spiro atoms. The minimum absolute atomic E-state index is 0.230. The lowest BCUT2D eigenvalue weighted by atomic mass is 10.1. The summed E-state index contributed by atoms with van der Waals surface area (Å²) in [5, 5.41) is 4.04. The predicted molar refractivity (Wildman–Crippen MR) is 97.3 cm³/mol. The maximum atomic E-state index is 12.7. The Balaban J connectivity index is 1.58. The van der Waals surface area contributed by atoms with Crippen LogP contribution in [0.1, 0.15) is 34.6 Å². The van der Waals surface area contributed by atoms with Crippen LogP contribution in [-0.2, 0) is 17.8 Å². The summed E-state index contributed by atoms with van der Waals surface area (Å²) < 4.78 is 5.26. The third-order valence-corrected chi connectivity index (χ3v) is 5.11. The van der Waals surface area contributed by atoms with Crippen LogP contribution in [0.4, 0.5) is 0 Å². The monoisotopic (exact) mass is 341 g/mol. The van der Waals surface area contributed by atoms with Crippen molar-refractivity contribution in [2.24, 2.45) is 0 Å². The van der Waals surface area contributed by atoms with Crippen molar-refractivity contribution in [3.63, 3.8) is 0 Å². The lowest BCUT2D eigenvalue weighted by Crippen LogP contribution is -2.36. The number of aryl methyl sites for hydroxylation is 3. The van der Waals surface area contributed by atoms with E-state index in [0.717, 1.165) is 56.2 Å². The summed E-state index contributed by atoms with van der Waals surface area (Å²) in [5.74, 6) is 1.13. The average Bonchev–Trinajstić information content (AvgIpc) is 2.79. The van der Waals surface area contributed by atoms with Gasteiger partial charge in [-0.1, -0.05) is 29.4 Å². The summed E-state index contributed by atoms with van der Waals surface area (Å²) in [6.07, 6.45) is 1.50. The van der Waals surface area contributed by atoms with E-state index in [1.807, 2.05) is 30.9 Å². The van der Waals surface area contributed by atoms with E-state index in [1.165, 1.54) is 11.1 Å². The molecule has 1 amide bonds. The first-order valence-electron chi connectivity index (χ1n) is 9.01. The lowest BCUT2D eigenvalue weighted by molar-refractivity contribution is -0.130. The number of rotatable bonds is 4. The van der Waals surface area contributed by atoms with Gasteiger partial charge in [0.1, 0.15) is 5.76 Å². The fourth-order valence-electron chi connectivity index (χ4n) is 3.41. The topological polar surface area (TPSA) is 49.6 Å². The summed E-state index contributed by atoms with van der Waals surface area (Å²) >= 11 is 0. The van der Waals surface area contributed by atoms with Crippen molar-refractivity contribution in [3.05, 3.63) is 52.4 Å². The zero-order chi connectivity index (χ0) is 17.8. The van der Waals surface area contributed by atoms with Gasteiger partial charge in [-0.25, -0.2) is 0 Å². The number of aromatic nitrogens is 1. The number of benzene rings is 1. The molecule has 1 aliphatic heterocycles. The van der Waals surface area contributed by atoms with Gasteiger partial charge in [0, 0.05) is 38.3 Å². The van der Waals surface area contributed by atoms with Gasteiger partial charge < -0.3 is 9.42 Å². The third-order valence-electron chi connectivity index (χ3n) is 5.11. The number of hydrogen-bond acceptors (Lipinski definition) is 4. The van der Waals surface area contributed by atoms with Crippen molar-refractivity contribution in [1.82, 2.24) is 15.0 Å². The van der Waals surface area contributed by atoms with E-state index in [1.54, 1.807) is 0 Å². The van der Waals surface area contributed by atoms with Gasteiger partial charge in [-0.2, -0.15) is 0 Å². The average molecular weight is 341 g/mol. The van der Waals surface area contributed by atoms with Gasteiger partial charge in [0.05, 0.1) is 12.1 Å². The molecule has 1 aliphatic rings. The quantitative estimate of drug-likeness (QED) is 0.858. The molecule has 1 aromatic heterocycles. The Kier molecular flexibility index (Phi) is 5.53. The molecule has 0 radical (unpaired) electrons. The highest BCUT2D eigenvalue weighted by Gasteiger charge is 2.21. The van der Waals surface area contributed by atoms with Crippen LogP contribution in [0.5, 0.6) is 0 Å². The van der Waals surface area contributed by atoms with E-state index < -0.39 is 0 Å². The van der Waals surface area contributed by atoms with Crippen LogP contribution in [-0.4, -0.2) is 47.0 Å². The number of amides is 1. The minimum Gasteiger partial charge on any atom is -0.361 e. The highest BCUT2D eigenvalue weighted by atomic mass is 16.5. The molecule has 2 aromatic rings. The molecular weight excluding hydrogens is 314 g/mol. The van der Waals surface area contributed by atoms with Crippen LogP contribution < -0.4 is 0 Å². The maximum absolute atomic E-state index is 12.7. The molecule has 1 fully saturated rings. The van der Waals surface area contributed by atoms with Gasteiger partial charge in [-0.05, 0) is 38.3 Å². The van der Waals surface area contributed by atoms with Crippen molar-refractivity contribution < 1.29 is 9.32 Å². The summed E-state index contributed by atoms with van der Waals surface area (Å²) in [6.45, 7) is 10.4. The first-order chi connectivity index (χ1) is 12.0. The Hall–Kier alpha value is -2.14. The van der Waals surface area contributed by atoms with Crippen LogP contribution in [0.25, 0.3) is 0 Å². The Labute approximate surface area is 149 Å². The molecule has 0 atom stereocenters. The standard InChI is InChI=1S/C20H27N3O2/c1-15-7-4-5-8-18(15)13-20(24)23-10-6-9-22(11-12-23)14-19-16(2)21-25-17(19)3/h4-5,7-8H,6,9-14H2,1-3H3. The molecule has 3 rings (SSSR count). The van der Waals surface area contributed by atoms with E-state index in [4.69, 9.17) is 4.52 Å². The van der Waals surface area contributed by atoms with Gasteiger partial charge in [0.2, 0.25) is 5.91 Å². The summed E-state index contributed by atoms with van der Waals surface area (Å²) in [7, 11) is 0. The van der Waals surface area contributed by atoms with Gasteiger partial charge in [-0.15, -0.1) is 0 Å². The fourth-order valence-corrected chi connectivity index (χ4v) is 3.41. The summed E-state index contributed by atoms with van der Waals surface area (Å²) in [4.78, 5) is 17.1. The van der Waals surface area contributed by atoms with Crippen molar-refractivity contribution in [3.8, 4) is 0 Å². The zero-order valence-corrected chi connectivity index (χ0v) is 15.4. The third kappa shape index (κ3) is 4.28. The van der Waals surface area contributed by atoms with Crippen molar-refractivity contribution in [1.29, 1.82) is 0 Å². The van der Waals surface area contributed by atoms with E-state index in [-0.39, 0.29) is 5.91 Å². The van der Waals surface area contributed by atoms with E-state index in [2.05, 4.69) is 29.1 Å². The second-order valence-corrected chi connectivity index (χ2v) is 6.92. The molecule has 134 valence electrons. The number of nitrogens with zero attached hydrogens (tertiary/aromatic N) is 3. The van der Waals surface area contributed by atoms with Crippen molar-refractivity contribution in [2.45, 2.75) is 40.2 Å². The largest absolute Gasteiger partial charge is 0.361 e. The van der Waals surface area contributed by atoms with Gasteiger partial charge in [-0.3, -0.25) is 9.69 Å². The fraction of sp³-hybridized carbons (Fsp3) is 0.500. The SMILES string of the molecule is Cc1ccccc1CC(=O)N1CCCN(Cc2c(C)noc2C)CC1. The molecule has 5 nitrogen and oxygen atoms in total. The molecule has 1 saturated heterocycles. The first-order valence-corrected chi connectivity index (χ1v) is 9.01. The summed E-state index contributed by atoms with van der Waals surface area (Å²) in [5.41, 5.74) is 4.46. The van der Waals surface area contributed by atoms with E-state index >= 15 is 0 Å². The van der Waals surface area contributed by atoms with Crippen molar-refractivity contribution >= 4 is 5.91 Å². The number of hydrogen-bond donors (Lipinski definition) is 0. The highest BCUT2D eigenvalue weighted by Crippen LogP contribution is 2.17. The molecule has 25 heavy (non-hydrogen) atoms. The normalized spacial score (nSPS) is 16.0. The Morgan fingerprint density at radius 2 is 1.92 bits per heavy atom. The molecule has 0 saturated carbocycles. The van der Waals surface area contributed by atoms with Crippen LogP contribution in [0.3, 0.4) is 0 Å². The second kappa shape index (κ2) is 7.83. The molecule has 1 aromatic carbocycles. The van der Waals surface area contributed by atoms with Gasteiger partial charge in [0.25, 0.3) is 0 Å². The maximum Gasteiger partial charge on any atom is 0.227 e. The molecule has 5 heteroatoms. The number of carbonyl (C=O) groups is 1. The molecular formula is C20H27N3O2. The van der Waals surface area contributed by atoms with Gasteiger partial charge >= 0.3 is 0 Å². The molecule has 0 bridgehead atoms. The van der Waals surface area contributed by atoms with Crippen LogP contribution >= 0.6 is 0 Å². The molecule has 0 unspecified atom stereocenters. The number of carbonyl (C=O) groups excluding carboxylic acids is 1. The van der Waals surface area contributed by atoms with Crippen LogP contribution in [0, 0.1) is 20.8 Å². The first kappa shape index (κ1) is 17.7. The van der Waals surface area contributed by atoms with Crippen LogP contribution in [0.15, 0.2) is 28.8 Å². The molecule has 2 heterocycles. The Morgan fingerprint density at radius 3 is 2.64 bits per heavy atom. The highest BCUT2D eigenvalue weighted by molar-refractivity contribution is 5.79. The summed E-state index contributed by atoms with van der Waals surface area (Å²) in [6, 6.07) is 8.14. The smallest absolute Gasteiger partial charge is 0.227 e. The minimum atomic E-state index is 0.230. The molecule has 0 N–H and O–H groups in total. The van der Waals surface area contributed by atoms with Crippen LogP contribution in [0.2, 0.25) is 0 Å². The Morgan fingerprint density at radius 1 is 1.12 bits per heavy atom. The molecule has 0 aliphatic carbocycles. The lowest BCUT2D eigenvalue weighted by Gasteiger charge is -2.22. The Bertz CT molecular complexity index is 719. The van der Waals surface area contributed by atoms with E-state index in [0.29, 0.717) is 6.42 Å². The van der Waals surface area contributed by atoms with E-state index in [9.17, 15) is 4.79 Å².